The van der Waals surface area contributed by atoms with Crippen LogP contribution >= 0.6 is 0 Å². The summed E-state index contributed by atoms with van der Waals surface area (Å²) < 4.78 is 15.8. The van der Waals surface area contributed by atoms with Gasteiger partial charge in [0.1, 0.15) is 5.75 Å². The summed E-state index contributed by atoms with van der Waals surface area (Å²) in [5.74, 6) is 0.893. The van der Waals surface area contributed by atoms with E-state index in [1.807, 2.05) is 30.3 Å². The molecular weight excluding hydrogens is 228 g/mol. The maximum atomic E-state index is 5.54. The van der Waals surface area contributed by atoms with Crippen LogP contribution in [0.3, 0.4) is 0 Å². The average Bonchev–Trinajstić information content (AvgIpc) is 2.41. The summed E-state index contributed by atoms with van der Waals surface area (Å²) in [5, 5.41) is 0. The molecule has 3 nitrogen and oxygen atoms in total. The summed E-state index contributed by atoms with van der Waals surface area (Å²) >= 11 is 0. The molecule has 0 unspecified atom stereocenters. The Morgan fingerprint density at radius 3 is 2.72 bits per heavy atom. The molecule has 0 N–H and O–H groups in total. The normalized spacial score (nSPS) is 10.5. The Labute approximate surface area is 109 Å². The summed E-state index contributed by atoms with van der Waals surface area (Å²) in [5.41, 5.74) is 0.890. The van der Waals surface area contributed by atoms with Crippen molar-refractivity contribution >= 4 is 0 Å². The lowest BCUT2D eigenvalue weighted by molar-refractivity contribution is 0.139. The molecule has 0 aliphatic carbocycles. The molecule has 1 aromatic carbocycles. The largest absolute Gasteiger partial charge is 0.504 e. The quantitative estimate of drug-likeness (QED) is 0.381. The van der Waals surface area contributed by atoms with Gasteiger partial charge >= 0.3 is 0 Å². The first-order valence-electron chi connectivity index (χ1n) is 5.95. The van der Waals surface area contributed by atoms with Gasteiger partial charge in [-0.2, -0.15) is 0 Å². The van der Waals surface area contributed by atoms with E-state index in [1.54, 1.807) is 19.4 Å². The highest BCUT2D eigenvalue weighted by Gasteiger charge is 1.93. The van der Waals surface area contributed by atoms with E-state index in [9.17, 15) is 0 Å². The molecule has 0 saturated carbocycles. The third kappa shape index (κ3) is 6.76. The summed E-state index contributed by atoms with van der Waals surface area (Å²) in [6.07, 6.45) is 4.24. The Balaban J connectivity index is 1.99. The smallest absolute Gasteiger partial charge is 0.119 e. The number of hydrogen-bond acceptors (Lipinski definition) is 3. The maximum Gasteiger partial charge on any atom is 0.119 e. The minimum absolute atomic E-state index is 0.519. The lowest BCUT2D eigenvalue weighted by Gasteiger charge is -2.06. The summed E-state index contributed by atoms with van der Waals surface area (Å²) in [6, 6.07) is 9.77. The van der Waals surface area contributed by atoms with Gasteiger partial charge in [-0.05, 0) is 23.8 Å². The number of hydrogen-bond donors (Lipinski definition) is 0. The molecular formula is C15H20O3. The zero-order valence-corrected chi connectivity index (χ0v) is 10.8. The van der Waals surface area contributed by atoms with Crippen molar-refractivity contribution in [3.8, 4) is 5.75 Å². The van der Waals surface area contributed by atoms with Gasteiger partial charge in [0.2, 0.25) is 0 Å². The molecule has 0 saturated heterocycles. The van der Waals surface area contributed by atoms with E-state index in [4.69, 9.17) is 14.2 Å². The lowest BCUT2D eigenvalue weighted by atomic mass is 10.3. The van der Waals surface area contributed by atoms with Crippen molar-refractivity contribution in [3.05, 3.63) is 54.8 Å². The molecule has 0 fully saturated rings. The molecule has 1 rings (SSSR count). The number of rotatable bonds is 9. The van der Waals surface area contributed by atoms with Gasteiger partial charge in [-0.1, -0.05) is 24.8 Å². The Hall–Kier alpha value is -1.74. The second-order valence-electron chi connectivity index (χ2n) is 3.76. The van der Waals surface area contributed by atoms with Crippen LogP contribution in [0.4, 0.5) is 0 Å². The molecule has 98 valence electrons. The molecule has 0 aliphatic heterocycles. The molecule has 0 spiro atoms. The summed E-state index contributed by atoms with van der Waals surface area (Å²) in [7, 11) is 1.60. The second-order valence-corrected chi connectivity index (χ2v) is 3.76. The molecule has 18 heavy (non-hydrogen) atoms. The van der Waals surface area contributed by atoms with Crippen LogP contribution in [0.25, 0.3) is 0 Å². The van der Waals surface area contributed by atoms with Crippen molar-refractivity contribution in [2.45, 2.75) is 6.42 Å². The SMILES string of the molecule is C=C(/C=C\OC)COCCCOc1ccccc1. The van der Waals surface area contributed by atoms with Crippen LogP contribution in [0.2, 0.25) is 0 Å². The zero-order valence-electron chi connectivity index (χ0n) is 10.8. The van der Waals surface area contributed by atoms with Crippen LogP contribution in [-0.2, 0) is 9.47 Å². The third-order valence-electron chi connectivity index (χ3n) is 2.17. The first-order chi connectivity index (χ1) is 8.83. The van der Waals surface area contributed by atoms with Crippen molar-refractivity contribution in [2.24, 2.45) is 0 Å². The van der Waals surface area contributed by atoms with E-state index in [0.717, 1.165) is 17.7 Å². The van der Waals surface area contributed by atoms with Gasteiger partial charge in [0, 0.05) is 6.42 Å². The van der Waals surface area contributed by atoms with Gasteiger partial charge in [0.15, 0.2) is 0 Å². The van der Waals surface area contributed by atoms with Gasteiger partial charge in [0.05, 0.1) is 33.2 Å². The van der Waals surface area contributed by atoms with Crippen molar-refractivity contribution in [2.75, 3.05) is 26.9 Å². The Morgan fingerprint density at radius 1 is 1.22 bits per heavy atom. The Kier molecular flexibility index (Phi) is 7.40. The maximum absolute atomic E-state index is 5.54. The van der Waals surface area contributed by atoms with Crippen molar-refractivity contribution in [1.82, 2.24) is 0 Å². The zero-order chi connectivity index (χ0) is 13.1. The molecule has 0 aliphatic rings. The Morgan fingerprint density at radius 2 is 2.00 bits per heavy atom. The highest BCUT2D eigenvalue weighted by molar-refractivity contribution is 5.20. The fourth-order valence-electron chi connectivity index (χ4n) is 1.28. The van der Waals surface area contributed by atoms with Gasteiger partial charge in [-0.3, -0.25) is 0 Å². The van der Waals surface area contributed by atoms with Gasteiger partial charge < -0.3 is 14.2 Å². The van der Waals surface area contributed by atoms with Crippen molar-refractivity contribution in [3.63, 3.8) is 0 Å². The average molecular weight is 248 g/mol. The third-order valence-corrected chi connectivity index (χ3v) is 2.17. The van der Waals surface area contributed by atoms with E-state index in [0.29, 0.717) is 19.8 Å². The predicted molar refractivity (Wildman–Crippen MR) is 72.7 cm³/mol. The van der Waals surface area contributed by atoms with E-state index in [1.165, 1.54) is 0 Å². The van der Waals surface area contributed by atoms with E-state index in [2.05, 4.69) is 6.58 Å². The van der Waals surface area contributed by atoms with Gasteiger partial charge in [-0.15, -0.1) is 0 Å². The fraction of sp³-hybridized carbons (Fsp3) is 0.333. The molecule has 0 radical (unpaired) electrons. The Bertz CT molecular complexity index is 357. The van der Waals surface area contributed by atoms with Crippen LogP contribution in [-0.4, -0.2) is 26.9 Å². The van der Waals surface area contributed by atoms with Crippen LogP contribution in [0, 0.1) is 0 Å². The molecule has 1 aromatic rings. The molecule has 0 aromatic heterocycles. The van der Waals surface area contributed by atoms with Crippen LogP contribution in [0.15, 0.2) is 54.8 Å². The fourth-order valence-corrected chi connectivity index (χ4v) is 1.28. The number of para-hydroxylation sites is 1. The van der Waals surface area contributed by atoms with E-state index < -0.39 is 0 Å². The van der Waals surface area contributed by atoms with Crippen LogP contribution < -0.4 is 4.74 Å². The van der Waals surface area contributed by atoms with E-state index in [-0.39, 0.29) is 0 Å². The van der Waals surface area contributed by atoms with Crippen LogP contribution in [0.1, 0.15) is 6.42 Å². The molecule has 3 heteroatoms. The van der Waals surface area contributed by atoms with E-state index >= 15 is 0 Å². The predicted octanol–water partition coefficient (Wildman–Crippen LogP) is 3.19. The highest BCUT2D eigenvalue weighted by Crippen LogP contribution is 2.08. The summed E-state index contributed by atoms with van der Waals surface area (Å²) in [4.78, 5) is 0. The lowest BCUT2D eigenvalue weighted by Crippen LogP contribution is -2.04. The topological polar surface area (TPSA) is 27.7 Å². The first kappa shape index (κ1) is 14.3. The minimum atomic E-state index is 0.519. The highest BCUT2D eigenvalue weighted by atomic mass is 16.5. The molecule has 0 atom stereocenters. The molecule has 0 bridgehead atoms. The number of methoxy groups -OCH3 is 1. The number of ether oxygens (including phenoxy) is 3. The van der Waals surface area contributed by atoms with Crippen LogP contribution in [0.5, 0.6) is 5.75 Å². The van der Waals surface area contributed by atoms with Gasteiger partial charge in [-0.25, -0.2) is 0 Å². The summed E-state index contributed by atoms with van der Waals surface area (Å²) in [6.45, 7) is 5.67. The monoisotopic (exact) mass is 248 g/mol. The molecule has 0 heterocycles. The first-order valence-corrected chi connectivity index (χ1v) is 5.95. The van der Waals surface area contributed by atoms with Crippen molar-refractivity contribution in [1.29, 1.82) is 0 Å². The van der Waals surface area contributed by atoms with Crippen molar-refractivity contribution < 1.29 is 14.2 Å². The minimum Gasteiger partial charge on any atom is -0.504 e. The standard InChI is InChI=1S/C15H20O3/c1-14(9-12-16-2)13-17-10-6-11-18-15-7-4-3-5-8-15/h3-5,7-9,12H,1,6,10-11,13H2,2H3/b12-9-. The number of benzene rings is 1. The second kappa shape index (κ2) is 9.31. The molecule has 0 amide bonds. The van der Waals surface area contributed by atoms with Gasteiger partial charge in [0.25, 0.3) is 0 Å².